The maximum atomic E-state index is 11.9. The van der Waals surface area contributed by atoms with Gasteiger partial charge in [0.25, 0.3) is 0 Å². The van der Waals surface area contributed by atoms with Gasteiger partial charge < -0.3 is 10.1 Å². The van der Waals surface area contributed by atoms with E-state index >= 15 is 0 Å². The molecular weight excluding hydrogens is 296 g/mol. The van der Waals surface area contributed by atoms with Gasteiger partial charge in [-0.05, 0) is 44.5 Å². The molecule has 5 heteroatoms. The standard InChI is InChI=1S/C17H20N2O2S/c1-4-21-15-8-5-14(6-9-15)7-10-17(20)18-12(2)16-11-22-13(3)19-16/h5-12H,4H2,1-3H3,(H,18,20)/b10-7+. The molecule has 116 valence electrons. The molecule has 0 bridgehead atoms. The van der Waals surface area contributed by atoms with Crippen molar-refractivity contribution in [2.45, 2.75) is 26.8 Å². The van der Waals surface area contributed by atoms with Gasteiger partial charge >= 0.3 is 0 Å². The highest BCUT2D eigenvalue weighted by atomic mass is 32.1. The van der Waals surface area contributed by atoms with Crippen LogP contribution in [-0.4, -0.2) is 17.5 Å². The zero-order chi connectivity index (χ0) is 15.9. The third-order valence-corrected chi connectivity index (χ3v) is 3.85. The normalized spacial score (nSPS) is 12.3. The summed E-state index contributed by atoms with van der Waals surface area (Å²) in [5, 5.41) is 5.87. The van der Waals surface area contributed by atoms with Gasteiger partial charge in [-0.15, -0.1) is 11.3 Å². The molecule has 0 saturated carbocycles. The predicted molar refractivity (Wildman–Crippen MR) is 90.1 cm³/mol. The fourth-order valence-corrected chi connectivity index (χ4v) is 2.63. The number of hydrogen-bond acceptors (Lipinski definition) is 4. The Bertz CT molecular complexity index is 647. The Kier molecular flexibility index (Phi) is 5.72. The minimum atomic E-state index is -0.132. The van der Waals surface area contributed by atoms with Crippen LogP contribution in [0, 0.1) is 6.92 Å². The van der Waals surface area contributed by atoms with Crippen molar-refractivity contribution >= 4 is 23.3 Å². The number of carbonyl (C=O) groups excluding carboxylic acids is 1. The molecule has 1 amide bonds. The van der Waals surface area contributed by atoms with Crippen molar-refractivity contribution in [2.24, 2.45) is 0 Å². The number of thiazole rings is 1. The van der Waals surface area contributed by atoms with Crippen LogP contribution in [0.15, 0.2) is 35.7 Å². The van der Waals surface area contributed by atoms with Gasteiger partial charge in [0.15, 0.2) is 0 Å². The molecule has 0 fully saturated rings. The first-order chi connectivity index (χ1) is 10.6. The second-order valence-electron chi connectivity index (χ2n) is 4.86. The second-order valence-corrected chi connectivity index (χ2v) is 5.92. The summed E-state index contributed by atoms with van der Waals surface area (Å²) in [4.78, 5) is 16.3. The van der Waals surface area contributed by atoms with Crippen LogP contribution in [0.1, 0.15) is 36.2 Å². The van der Waals surface area contributed by atoms with Crippen molar-refractivity contribution in [3.8, 4) is 5.75 Å². The van der Waals surface area contributed by atoms with Gasteiger partial charge in [0.1, 0.15) is 5.75 Å². The van der Waals surface area contributed by atoms with Crippen LogP contribution in [0.2, 0.25) is 0 Å². The second kappa shape index (κ2) is 7.75. The molecule has 0 aliphatic carbocycles. The number of rotatable bonds is 6. The van der Waals surface area contributed by atoms with Crippen LogP contribution in [0.25, 0.3) is 6.08 Å². The molecule has 0 aliphatic heterocycles. The number of ether oxygens (including phenoxy) is 1. The number of nitrogens with one attached hydrogen (secondary N) is 1. The molecule has 0 radical (unpaired) electrons. The number of nitrogens with zero attached hydrogens (tertiary/aromatic N) is 1. The molecule has 4 nitrogen and oxygen atoms in total. The number of aromatic nitrogens is 1. The Labute approximate surface area is 134 Å². The molecule has 0 spiro atoms. The lowest BCUT2D eigenvalue weighted by molar-refractivity contribution is -0.117. The number of benzene rings is 1. The Morgan fingerprint density at radius 1 is 1.41 bits per heavy atom. The third kappa shape index (κ3) is 4.70. The summed E-state index contributed by atoms with van der Waals surface area (Å²) in [5.41, 5.74) is 1.85. The lowest BCUT2D eigenvalue weighted by Gasteiger charge is -2.09. The molecule has 2 aromatic rings. The van der Waals surface area contributed by atoms with Crippen LogP contribution >= 0.6 is 11.3 Å². The van der Waals surface area contributed by atoms with Gasteiger partial charge in [-0.2, -0.15) is 0 Å². The van der Waals surface area contributed by atoms with Crippen molar-refractivity contribution in [1.82, 2.24) is 10.3 Å². The minimum Gasteiger partial charge on any atom is -0.494 e. The Balaban J connectivity index is 1.90. The highest BCUT2D eigenvalue weighted by Crippen LogP contribution is 2.16. The Morgan fingerprint density at radius 2 is 2.14 bits per heavy atom. The van der Waals surface area contributed by atoms with Gasteiger partial charge in [-0.1, -0.05) is 12.1 Å². The third-order valence-electron chi connectivity index (χ3n) is 3.06. The lowest BCUT2D eigenvalue weighted by Crippen LogP contribution is -2.24. The maximum absolute atomic E-state index is 11.9. The molecule has 2 rings (SSSR count). The van der Waals surface area contributed by atoms with Crippen LogP contribution in [0.5, 0.6) is 5.75 Å². The Morgan fingerprint density at radius 3 is 2.73 bits per heavy atom. The summed E-state index contributed by atoms with van der Waals surface area (Å²) in [6.07, 6.45) is 3.31. The number of aryl methyl sites for hydroxylation is 1. The van der Waals surface area contributed by atoms with E-state index in [1.807, 2.05) is 50.4 Å². The Hall–Kier alpha value is -2.14. The molecule has 1 aromatic carbocycles. The SMILES string of the molecule is CCOc1ccc(/C=C/C(=O)NC(C)c2csc(C)n2)cc1. The molecule has 1 unspecified atom stereocenters. The van der Waals surface area contributed by atoms with Gasteiger partial charge in [0.05, 0.1) is 23.4 Å². The van der Waals surface area contributed by atoms with Gasteiger partial charge in [0.2, 0.25) is 5.91 Å². The van der Waals surface area contributed by atoms with E-state index in [0.29, 0.717) is 6.61 Å². The van der Waals surface area contributed by atoms with Gasteiger partial charge in [-0.3, -0.25) is 4.79 Å². The van der Waals surface area contributed by atoms with Crippen molar-refractivity contribution in [2.75, 3.05) is 6.61 Å². The highest BCUT2D eigenvalue weighted by Gasteiger charge is 2.10. The van der Waals surface area contributed by atoms with Crippen LogP contribution < -0.4 is 10.1 Å². The molecule has 1 atom stereocenters. The molecule has 0 saturated heterocycles. The predicted octanol–water partition coefficient (Wildman–Crippen LogP) is 3.74. The van der Waals surface area contributed by atoms with E-state index in [-0.39, 0.29) is 11.9 Å². The van der Waals surface area contributed by atoms with E-state index in [4.69, 9.17) is 4.74 Å². The largest absolute Gasteiger partial charge is 0.494 e. The first kappa shape index (κ1) is 16.2. The van der Waals surface area contributed by atoms with E-state index < -0.39 is 0 Å². The summed E-state index contributed by atoms with van der Waals surface area (Å²) in [7, 11) is 0. The summed E-state index contributed by atoms with van der Waals surface area (Å²) in [5.74, 6) is 0.698. The molecule has 22 heavy (non-hydrogen) atoms. The molecule has 0 aliphatic rings. The number of carbonyl (C=O) groups is 1. The van der Waals surface area contributed by atoms with E-state index in [2.05, 4.69) is 10.3 Å². The quantitative estimate of drug-likeness (QED) is 0.826. The maximum Gasteiger partial charge on any atom is 0.244 e. The fourth-order valence-electron chi connectivity index (χ4n) is 1.93. The van der Waals surface area contributed by atoms with E-state index in [9.17, 15) is 4.79 Å². The minimum absolute atomic E-state index is 0.0950. The lowest BCUT2D eigenvalue weighted by atomic mass is 10.2. The zero-order valence-electron chi connectivity index (χ0n) is 13.0. The summed E-state index contributed by atoms with van der Waals surface area (Å²) >= 11 is 1.58. The molecular formula is C17H20N2O2S. The average molecular weight is 316 g/mol. The van der Waals surface area contributed by atoms with Crippen LogP contribution in [0.3, 0.4) is 0 Å². The van der Waals surface area contributed by atoms with Gasteiger partial charge in [0, 0.05) is 11.5 Å². The monoisotopic (exact) mass is 316 g/mol. The molecule has 1 N–H and O–H groups in total. The number of hydrogen-bond donors (Lipinski definition) is 1. The zero-order valence-corrected chi connectivity index (χ0v) is 13.8. The van der Waals surface area contributed by atoms with Crippen molar-refractivity contribution in [3.05, 3.63) is 52.0 Å². The first-order valence-corrected chi connectivity index (χ1v) is 8.10. The molecule has 1 heterocycles. The molecule has 1 aromatic heterocycles. The summed E-state index contributed by atoms with van der Waals surface area (Å²) in [6, 6.07) is 7.52. The van der Waals surface area contributed by atoms with E-state index in [1.165, 1.54) is 6.08 Å². The van der Waals surface area contributed by atoms with Crippen molar-refractivity contribution in [1.29, 1.82) is 0 Å². The number of amides is 1. The van der Waals surface area contributed by atoms with E-state index in [0.717, 1.165) is 22.0 Å². The first-order valence-electron chi connectivity index (χ1n) is 7.22. The fraction of sp³-hybridized carbons (Fsp3) is 0.294. The highest BCUT2D eigenvalue weighted by molar-refractivity contribution is 7.09. The topological polar surface area (TPSA) is 51.2 Å². The van der Waals surface area contributed by atoms with Crippen LogP contribution in [-0.2, 0) is 4.79 Å². The summed E-state index contributed by atoms with van der Waals surface area (Å²) < 4.78 is 5.38. The van der Waals surface area contributed by atoms with E-state index in [1.54, 1.807) is 17.4 Å². The van der Waals surface area contributed by atoms with Crippen molar-refractivity contribution in [3.63, 3.8) is 0 Å². The smallest absolute Gasteiger partial charge is 0.244 e. The van der Waals surface area contributed by atoms with Gasteiger partial charge in [-0.25, -0.2) is 4.98 Å². The summed E-state index contributed by atoms with van der Waals surface area (Å²) in [6.45, 7) is 6.47. The van der Waals surface area contributed by atoms with Crippen molar-refractivity contribution < 1.29 is 9.53 Å². The average Bonchev–Trinajstić information content (AvgIpc) is 2.93. The van der Waals surface area contributed by atoms with Crippen LogP contribution in [0.4, 0.5) is 0 Å².